The molecular weight excluding hydrogens is 364 g/mol. The number of carbonyl (C=O) groups excluding carboxylic acids is 1. The number of rotatable bonds is 8. The summed E-state index contributed by atoms with van der Waals surface area (Å²) < 4.78 is 20.1. The summed E-state index contributed by atoms with van der Waals surface area (Å²) in [5.41, 5.74) is 2.35. The van der Waals surface area contributed by atoms with E-state index in [1.54, 1.807) is 24.3 Å². The predicted octanol–water partition coefficient (Wildman–Crippen LogP) is 4.21. The molecule has 1 amide bonds. The third kappa shape index (κ3) is 5.95. The zero-order valence-electron chi connectivity index (χ0n) is 16.8. The molecule has 29 heavy (non-hydrogen) atoms. The second-order valence-electron chi connectivity index (χ2n) is 7.38. The standard InChI is InChI=1S/C24H25BFNO2/c1-25(2)22-14-13-21(16-23(22)26)29-17-20(15-18-9-5-3-6-10-18)27-24(28)19-11-7-4-8-12-19/h3-14,16,20H,15,17H2,1-2H3,(H,27,28)/t20-/m1/s1. The molecule has 0 aliphatic heterocycles. The first kappa shape index (κ1) is 20.7. The Bertz CT molecular complexity index is 932. The van der Waals surface area contributed by atoms with Crippen LogP contribution in [-0.4, -0.2) is 25.3 Å². The molecule has 0 heterocycles. The van der Waals surface area contributed by atoms with Gasteiger partial charge < -0.3 is 10.1 Å². The van der Waals surface area contributed by atoms with Gasteiger partial charge in [0, 0.05) is 11.6 Å². The highest BCUT2D eigenvalue weighted by Crippen LogP contribution is 2.13. The van der Waals surface area contributed by atoms with Gasteiger partial charge in [0.25, 0.3) is 5.91 Å². The van der Waals surface area contributed by atoms with Crippen LogP contribution in [0.25, 0.3) is 0 Å². The second kappa shape index (κ2) is 9.92. The first-order valence-electron chi connectivity index (χ1n) is 9.85. The van der Waals surface area contributed by atoms with Gasteiger partial charge in [-0.15, -0.1) is 0 Å². The molecule has 0 aliphatic carbocycles. The molecule has 0 unspecified atom stereocenters. The van der Waals surface area contributed by atoms with Gasteiger partial charge in [-0.2, -0.15) is 0 Å². The molecule has 148 valence electrons. The first-order valence-corrected chi connectivity index (χ1v) is 9.85. The van der Waals surface area contributed by atoms with Crippen molar-refractivity contribution >= 4 is 18.1 Å². The lowest BCUT2D eigenvalue weighted by Gasteiger charge is -2.20. The molecular formula is C24H25BFNO2. The maximum Gasteiger partial charge on any atom is 0.251 e. The molecule has 0 aromatic heterocycles. The lowest BCUT2D eigenvalue weighted by molar-refractivity contribution is 0.0921. The smallest absolute Gasteiger partial charge is 0.251 e. The largest absolute Gasteiger partial charge is 0.491 e. The van der Waals surface area contributed by atoms with Crippen molar-refractivity contribution in [3.63, 3.8) is 0 Å². The van der Waals surface area contributed by atoms with Crippen LogP contribution in [0.2, 0.25) is 13.6 Å². The van der Waals surface area contributed by atoms with E-state index in [9.17, 15) is 9.18 Å². The van der Waals surface area contributed by atoms with Crippen LogP contribution in [0, 0.1) is 5.82 Å². The Morgan fingerprint density at radius 1 is 1.00 bits per heavy atom. The predicted molar refractivity (Wildman–Crippen MR) is 117 cm³/mol. The van der Waals surface area contributed by atoms with Crippen molar-refractivity contribution in [2.75, 3.05) is 6.61 Å². The quantitative estimate of drug-likeness (QED) is 0.587. The molecule has 0 aliphatic rings. The summed E-state index contributed by atoms with van der Waals surface area (Å²) in [7, 11) is 0. The molecule has 1 N–H and O–H groups in total. The Hall–Kier alpha value is -3.08. The van der Waals surface area contributed by atoms with Crippen LogP contribution in [0.3, 0.4) is 0 Å². The van der Waals surface area contributed by atoms with Gasteiger partial charge in [-0.25, -0.2) is 4.39 Å². The molecule has 3 nitrogen and oxygen atoms in total. The molecule has 1 atom stereocenters. The maximum absolute atomic E-state index is 14.3. The minimum atomic E-state index is -0.273. The van der Waals surface area contributed by atoms with Gasteiger partial charge >= 0.3 is 0 Å². The summed E-state index contributed by atoms with van der Waals surface area (Å²) in [4.78, 5) is 12.6. The first-order chi connectivity index (χ1) is 14.0. The number of benzene rings is 3. The molecule has 3 aromatic carbocycles. The fourth-order valence-electron chi connectivity index (χ4n) is 3.17. The zero-order chi connectivity index (χ0) is 20.6. The van der Waals surface area contributed by atoms with Crippen molar-refractivity contribution in [3.05, 3.63) is 95.8 Å². The van der Waals surface area contributed by atoms with Crippen LogP contribution in [0.15, 0.2) is 78.9 Å². The Morgan fingerprint density at radius 2 is 1.66 bits per heavy atom. The topological polar surface area (TPSA) is 38.3 Å². The number of hydrogen-bond acceptors (Lipinski definition) is 2. The number of ether oxygens (including phenoxy) is 1. The molecule has 0 spiro atoms. The fraction of sp³-hybridized carbons (Fsp3) is 0.208. The Morgan fingerprint density at radius 3 is 2.28 bits per heavy atom. The van der Waals surface area contributed by atoms with Crippen molar-refractivity contribution in [3.8, 4) is 5.75 Å². The van der Waals surface area contributed by atoms with Crippen LogP contribution >= 0.6 is 0 Å². The summed E-state index contributed by atoms with van der Waals surface area (Å²) in [5.74, 6) is 0.0285. The summed E-state index contributed by atoms with van der Waals surface area (Å²) >= 11 is 0. The second-order valence-corrected chi connectivity index (χ2v) is 7.38. The third-order valence-electron chi connectivity index (χ3n) is 4.74. The van der Waals surface area contributed by atoms with Gasteiger partial charge in [-0.05, 0) is 35.6 Å². The normalized spacial score (nSPS) is 11.6. The van der Waals surface area contributed by atoms with Crippen molar-refractivity contribution < 1.29 is 13.9 Å². The number of hydrogen-bond donors (Lipinski definition) is 1. The SMILES string of the molecule is CB(C)c1ccc(OC[C@@H](Cc2ccccc2)NC(=O)c2ccccc2)cc1F. The van der Waals surface area contributed by atoms with Gasteiger partial charge in [0.2, 0.25) is 0 Å². The van der Waals surface area contributed by atoms with Crippen molar-refractivity contribution in [1.29, 1.82) is 0 Å². The lowest BCUT2D eigenvalue weighted by atomic mass is 9.49. The van der Waals surface area contributed by atoms with Crippen LogP contribution in [0.4, 0.5) is 4.39 Å². The van der Waals surface area contributed by atoms with Crippen molar-refractivity contribution in [1.82, 2.24) is 5.32 Å². The molecule has 0 saturated heterocycles. The van der Waals surface area contributed by atoms with E-state index in [1.807, 2.05) is 62.2 Å². The van der Waals surface area contributed by atoms with Gasteiger partial charge in [-0.3, -0.25) is 4.79 Å². The summed E-state index contributed by atoms with van der Waals surface area (Å²) in [6.07, 6.45) is 0.617. The number of halogens is 1. The molecule has 0 radical (unpaired) electrons. The van der Waals surface area contributed by atoms with E-state index >= 15 is 0 Å². The summed E-state index contributed by atoms with van der Waals surface area (Å²) in [5, 5.41) is 3.04. The average Bonchev–Trinajstić information content (AvgIpc) is 2.73. The zero-order valence-corrected chi connectivity index (χ0v) is 16.8. The number of carbonyl (C=O) groups is 1. The molecule has 3 rings (SSSR count). The molecule has 5 heteroatoms. The Kier molecular flexibility index (Phi) is 7.06. The highest BCUT2D eigenvalue weighted by molar-refractivity contribution is 6.70. The Balaban J connectivity index is 1.71. The summed E-state index contributed by atoms with van der Waals surface area (Å²) in [6.45, 7) is 4.26. The number of amides is 1. The van der Waals surface area contributed by atoms with E-state index in [-0.39, 0.29) is 31.1 Å². The van der Waals surface area contributed by atoms with Gasteiger partial charge in [0.05, 0.1) is 6.04 Å². The fourth-order valence-corrected chi connectivity index (χ4v) is 3.17. The maximum atomic E-state index is 14.3. The highest BCUT2D eigenvalue weighted by Gasteiger charge is 2.16. The molecule has 0 fully saturated rings. The van der Waals surface area contributed by atoms with Crippen molar-refractivity contribution in [2.45, 2.75) is 26.1 Å². The molecule has 3 aromatic rings. The molecule has 0 bridgehead atoms. The van der Waals surface area contributed by atoms with Crippen LogP contribution in [-0.2, 0) is 6.42 Å². The van der Waals surface area contributed by atoms with E-state index in [1.165, 1.54) is 6.07 Å². The Labute approximate surface area is 172 Å². The van der Waals surface area contributed by atoms with E-state index in [0.29, 0.717) is 23.2 Å². The third-order valence-corrected chi connectivity index (χ3v) is 4.74. The van der Waals surface area contributed by atoms with Gasteiger partial charge in [0.1, 0.15) is 18.2 Å². The van der Waals surface area contributed by atoms with Gasteiger partial charge in [0.15, 0.2) is 6.71 Å². The highest BCUT2D eigenvalue weighted by atomic mass is 19.1. The molecule has 0 saturated carbocycles. The van der Waals surface area contributed by atoms with Crippen LogP contribution < -0.4 is 15.5 Å². The summed E-state index contributed by atoms with van der Waals surface area (Å²) in [6, 6.07) is 23.7. The minimum absolute atomic E-state index is 0.111. The van der Waals surface area contributed by atoms with Crippen molar-refractivity contribution in [2.24, 2.45) is 0 Å². The van der Waals surface area contributed by atoms with E-state index in [0.717, 1.165) is 5.56 Å². The number of nitrogens with one attached hydrogen (secondary N) is 1. The average molecular weight is 389 g/mol. The lowest BCUT2D eigenvalue weighted by Crippen LogP contribution is -2.40. The van der Waals surface area contributed by atoms with E-state index in [2.05, 4.69) is 5.32 Å². The van der Waals surface area contributed by atoms with Crippen LogP contribution in [0.1, 0.15) is 15.9 Å². The van der Waals surface area contributed by atoms with E-state index in [4.69, 9.17) is 4.74 Å². The van der Waals surface area contributed by atoms with E-state index < -0.39 is 0 Å². The minimum Gasteiger partial charge on any atom is -0.491 e. The van der Waals surface area contributed by atoms with Crippen LogP contribution in [0.5, 0.6) is 5.75 Å². The monoisotopic (exact) mass is 389 g/mol. The van der Waals surface area contributed by atoms with Gasteiger partial charge in [-0.1, -0.05) is 68.2 Å².